The van der Waals surface area contributed by atoms with Crippen LogP contribution in [0.4, 0.5) is 0 Å². The van der Waals surface area contributed by atoms with Gasteiger partial charge in [0, 0.05) is 12.5 Å². The first-order valence-corrected chi connectivity index (χ1v) is 6.93. The largest absolute Gasteiger partial charge is 0.478 e. The number of aromatic carboxylic acids is 1. The van der Waals surface area contributed by atoms with Crippen molar-refractivity contribution in [2.45, 2.75) is 47.1 Å². The van der Waals surface area contributed by atoms with Crippen molar-refractivity contribution >= 4 is 17.0 Å². The van der Waals surface area contributed by atoms with Gasteiger partial charge in [0.15, 0.2) is 0 Å². The molecule has 0 atom stereocenters. The first kappa shape index (κ1) is 14.6. The molecule has 0 spiro atoms. The quantitative estimate of drug-likeness (QED) is 0.923. The molecule has 2 rings (SSSR count). The van der Waals surface area contributed by atoms with Gasteiger partial charge >= 0.3 is 5.97 Å². The summed E-state index contributed by atoms with van der Waals surface area (Å²) >= 11 is 0. The van der Waals surface area contributed by atoms with E-state index in [0.717, 1.165) is 23.4 Å². The van der Waals surface area contributed by atoms with Crippen LogP contribution in [0.5, 0.6) is 0 Å². The highest BCUT2D eigenvalue weighted by atomic mass is 16.4. The summed E-state index contributed by atoms with van der Waals surface area (Å²) in [5, 5.41) is 9.41. The Labute approximate surface area is 119 Å². The summed E-state index contributed by atoms with van der Waals surface area (Å²) in [5.74, 6) is 0.302. The molecule has 0 bridgehead atoms. The van der Waals surface area contributed by atoms with E-state index in [0.29, 0.717) is 5.56 Å². The zero-order chi connectivity index (χ0) is 15.1. The van der Waals surface area contributed by atoms with E-state index in [9.17, 15) is 9.90 Å². The minimum absolute atomic E-state index is 0.0584. The standard InChI is InChI=1S/C16H22N2O2/c1-10(2)14-17-12-8-6-7-11(15(19)20)13(12)18(14)9-16(3,4)5/h6-8,10H,9H2,1-5H3,(H,19,20). The topological polar surface area (TPSA) is 55.1 Å². The van der Waals surface area contributed by atoms with Crippen molar-refractivity contribution in [2.75, 3.05) is 0 Å². The first-order chi connectivity index (χ1) is 9.20. The second-order valence-electron chi connectivity index (χ2n) is 6.75. The van der Waals surface area contributed by atoms with Crippen molar-refractivity contribution in [3.05, 3.63) is 29.6 Å². The maximum Gasteiger partial charge on any atom is 0.337 e. The molecule has 0 aliphatic rings. The Hall–Kier alpha value is -1.84. The van der Waals surface area contributed by atoms with Crippen LogP contribution in [-0.4, -0.2) is 20.6 Å². The van der Waals surface area contributed by atoms with Crippen molar-refractivity contribution in [1.82, 2.24) is 9.55 Å². The Morgan fingerprint density at radius 3 is 2.50 bits per heavy atom. The number of para-hydroxylation sites is 1. The summed E-state index contributed by atoms with van der Waals surface area (Å²) in [5.41, 5.74) is 1.88. The van der Waals surface area contributed by atoms with Crippen LogP contribution in [0.1, 0.15) is 56.7 Å². The van der Waals surface area contributed by atoms with Gasteiger partial charge in [-0.15, -0.1) is 0 Å². The minimum Gasteiger partial charge on any atom is -0.478 e. The molecule has 0 amide bonds. The van der Waals surface area contributed by atoms with Crippen molar-refractivity contribution in [3.63, 3.8) is 0 Å². The van der Waals surface area contributed by atoms with Crippen molar-refractivity contribution < 1.29 is 9.90 Å². The van der Waals surface area contributed by atoms with E-state index in [1.54, 1.807) is 12.1 Å². The van der Waals surface area contributed by atoms with E-state index in [1.165, 1.54) is 0 Å². The molecule has 0 unspecified atom stereocenters. The van der Waals surface area contributed by atoms with Gasteiger partial charge in [-0.2, -0.15) is 0 Å². The molecule has 20 heavy (non-hydrogen) atoms. The fraction of sp³-hybridized carbons (Fsp3) is 0.500. The molecule has 4 heteroatoms. The van der Waals surface area contributed by atoms with Gasteiger partial charge in [0.1, 0.15) is 5.82 Å². The number of hydrogen-bond donors (Lipinski definition) is 1. The summed E-state index contributed by atoms with van der Waals surface area (Å²) in [6.45, 7) is 11.4. The number of imidazole rings is 1. The van der Waals surface area contributed by atoms with E-state index in [4.69, 9.17) is 0 Å². The zero-order valence-corrected chi connectivity index (χ0v) is 12.8. The average Bonchev–Trinajstić information content (AvgIpc) is 2.66. The van der Waals surface area contributed by atoms with E-state index in [-0.39, 0.29) is 11.3 Å². The maximum atomic E-state index is 11.5. The van der Waals surface area contributed by atoms with Gasteiger partial charge in [0.2, 0.25) is 0 Å². The fourth-order valence-electron chi connectivity index (χ4n) is 2.45. The highest BCUT2D eigenvalue weighted by Crippen LogP contribution is 2.28. The first-order valence-electron chi connectivity index (χ1n) is 6.93. The fourth-order valence-corrected chi connectivity index (χ4v) is 2.45. The molecule has 0 radical (unpaired) electrons. The molecule has 4 nitrogen and oxygen atoms in total. The SMILES string of the molecule is CC(C)c1nc2cccc(C(=O)O)c2n1CC(C)(C)C. The van der Waals surface area contributed by atoms with Crippen LogP contribution in [-0.2, 0) is 6.54 Å². The van der Waals surface area contributed by atoms with E-state index in [2.05, 4.69) is 44.2 Å². The van der Waals surface area contributed by atoms with Gasteiger partial charge in [-0.1, -0.05) is 40.7 Å². The monoisotopic (exact) mass is 274 g/mol. The molecule has 0 aliphatic heterocycles. The van der Waals surface area contributed by atoms with E-state index >= 15 is 0 Å². The third-order valence-corrected chi connectivity index (χ3v) is 3.18. The number of carboxylic acids is 1. The summed E-state index contributed by atoms with van der Waals surface area (Å²) in [6.07, 6.45) is 0. The second kappa shape index (κ2) is 4.93. The Balaban J connectivity index is 2.78. The van der Waals surface area contributed by atoms with Crippen LogP contribution in [0.3, 0.4) is 0 Å². The van der Waals surface area contributed by atoms with Crippen LogP contribution in [0.2, 0.25) is 0 Å². The van der Waals surface area contributed by atoms with Gasteiger partial charge < -0.3 is 9.67 Å². The second-order valence-corrected chi connectivity index (χ2v) is 6.75. The summed E-state index contributed by atoms with van der Waals surface area (Å²) < 4.78 is 2.07. The number of benzene rings is 1. The normalized spacial score (nSPS) is 12.3. The van der Waals surface area contributed by atoms with E-state index in [1.807, 2.05) is 6.07 Å². The lowest BCUT2D eigenvalue weighted by molar-refractivity contribution is 0.0698. The number of fused-ring (bicyclic) bond motifs is 1. The van der Waals surface area contributed by atoms with Crippen LogP contribution in [0.25, 0.3) is 11.0 Å². The smallest absolute Gasteiger partial charge is 0.337 e. The van der Waals surface area contributed by atoms with Crippen molar-refractivity contribution in [2.24, 2.45) is 5.41 Å². The molecule has 0 aliphatic carbocycles. The molecule has 0 fully saturated rings. The molecule has 2 aromatic rings. The van der Waals surface area contributed by atoms with Gasteiger partial charge in [0.05, 0.1) is 16.6 Å². The zero-order valence-electron chi connectivity index (χ0n) is 12.8. The Bertz CT molecular complexity index is 648. The Morgan fingerprint density at radius 2 is 2.00 bits per heavy atom. The number of hydrogen-bond acceptors (Lipinski definition) is 2. The van der Waals surface area contributed by atoms with Crippen LogP contribution >= 0.6 is 0 Å². The van der Waals surface area contributed by atoms with Crippen LogP contribution < -0.4 is 0 Å². The molecular weight excluding hydrogens is 252 g/mol. The Kier molecular flexibility index (Phi) is 3.59. The van der Waals surface area contributed by atoms with Gasteiger partial charge in [-0.05, 0) is 17.5 Å². The van der Waals surface area contributed by atoms with Gasteiger partial charge in [0.25, 0.3) is 0 Å². The highest BCUT2D eigenvalue weighted by Gasteiger charge is 2.22. The molecule has 108 valence electrons. The molecule has 1 heterocycles. The molecule has 1 N–H and O–H groups in total. The Morgan fingerprint density at radius 1 is 1.35 bits per heavy atom. The molecule has 1 aromatic carbocycles. The third kappa shape index (κ3) is 2.69. The third-order valence-electron chi connectivity index (χ3n) is 3.18. The number of carbonyl (C=O) groups is 1. The van der Waals surface area contributed by atoms with Crippen LogP contribution in [0.15, 0.2) is 18.2 Å². The molecule has 0 saturated carbocycles. The number of nitrogens with zero attached hydrogens (tertiary/aromatic N) is 2. The predicted octanol–water partition coefficient (Wildman–Crippen LogP) is 3.90. The van der Waals surface area contributed by atoms with Gasteiger partial charge in [-0.3, -0.25) is 0 Å². The summed E-state index contributed by atoms with van der Waals surface area (Å²) in [7, 11) is 0. The number of aromatic nitrogens is 2. The van der Waals surface area contributed by atoms with Gasteiger partial charge in [-0.25, -0.2) is 9.78 Å². The maximum absolute atomic E-state index is 11.5. The van der Waals surface area contributed by atoms with Crippen molar-refractivity contribution in [3.8, 4) is 0 Å². The number of rotatable bonds is 3. The lowest BCUT2D eigenvalue weighted by Crippen LogP contribution is -2.19. The van der Waals surface area contributed by atoms with Crippen LogP contribution in [0, 0.1) is 5.41 Å². The lowest BCUT2D eigenvalue weighted by atomic mass is 9.96. The highest BCUT2D eigenvalue weighted by molar-refractivity contribution is 6.01. The van der Waals surface area contributed by atoms with E-state index < -0.39 is 5.97 Å². The number of carboxylic acid groups (broad SMARTS) is 1. The van der Waals surface area contributed by atoms with Crippen molar-refractivity contribution in [1.29, 1.82) is 0 Å². The lowest BCUT2D eigenvalue weighted by Gasteiger charge is -2.22. The minimum atomic E-state index is -0.902. The summed E-state index contributed by atoms with van der Waals surface area (Å²) in [4.78, 5) is 16.1. The molecule has 0 saturated heterocycles. The average molecular weight is 274 g/mol. The summed E-state index contributed by atoms with van der Waals surface area (Å²) in [6, 6.07) is 5.28. The predicted molar refractivity (Wildman–Crippen MR) is 80.2 cm³/mol. The molecule has 1 aromatic heterocycles. The molecular formula is C16H22N2O2.